The molecule has 4 heteroatoms. The topological polar surface area (TPSA) is 31.4 Å². The molecular formula is C10H15NO2S. The Balaban J connectivity index is 2.46. The second-order valence-electron chi connectivity index (χ2n) is 2.72. The molecule has 0 aliphatic rings. The minimum absolute atomic E-state index is 0.413. The normalized spacial score (nSPS) is 10.4. The maximum atomic E-state index is 4.93. The summed E-state index contributed by atoms with van der Waals surface area (Å²) in [6, 6.07) is 5.94. The summed E-state index contributed by atoms with van der Waals surface area (Å²) in [5, 5.41) is 0. The zero-order valence-corrected chi connectivity index (χ0v) is 9.34. The van der Waals surface area contributed by atoms with E-state index in [2.05, 4.69) is 11.2 Å². The summed E-state index contributed by atoms with van der Waals surface area (Å²) in [6.07, 6.45) is 2.06. The van der Waals surface area contributed by atoms with Crippen LogP contribution in [0.4, 0.5) is 0 Å². The highest BCUT2D eigenvalue weighted by Gasteiger charge is 1.97. The highest BCUT2D eigenvalue weighted by molar-refractivity contribution is 7.97. The first-order valence-corrected chi connectivity index (χ1v) is 5.94. The molecule has 1 rings (SSSR count). The van der Waals surface area contributed by atoms with Gasteiger partial charge >= 0.3 is 0 Å². The smallest absolute Gasteiger partial charge is 0.124 e. The van der Waals surface area contributed by atoms with E-state index in [1.807, 2.05) is 25.1 Å². The lowest BCUT2D eigenvalue weighted by Crippen LogP contribution is -1.98. The first kappa shape index (κ1) is 11.5. The van der Waals surface area contributed by atoms with E-state index in [0.717, 1.165) is 17.1 Å². The molecule has 1 aromatic rings. The van der Waals surface area contributed by atoms with E-state index in [0.29, 0.717) is 13.2 Å². The zero-order valence-electron chi connectivity index (χ0n) is 8.53. The fourth-order valence-electron chi connectivity index (χ4n) is 1.02. The van der Waals surface area contributed by atoms with Gasteiger partial charge in [0, 0.05) is 5.75 Å². The first-order chi connectivity index (χ1) is 6.86. The van der Waals surface area contributed by atoms with Crippen LogP contribution in [0.1, 0.15) is 18.3 Å². The van der Waals surface area contributed by atoms with Gasteiger partial charge in [0.05, 0.1) is 18.0 Å². The van der Waals surface area contributed by atoms with Crippen molar-refractivity contribution in [1.29, 1.82) is 0 Å². The molecule has 0 saturated heterocycles. The van der Waals surface area contributed by atoms with Gasteiger partial charge in [-0.3, -0.25) is 4.98 Å². The van der Waals surface area contributed by atoms with Crippen molar-refractivity contribution in [2.24, 2.45) is 0 Å². The van der Waals surface area contributed by atoms with Crippen LogP contribution >= 0.6 is 11.8 Å². The van der Waals surface area contributed by atoms with Gasteiger partial charge in [-0.15, -0.1) is 0 Å². The average Bonchev–Trinajstić information content (AvgIpc) is 2.19. The van der Waals surface area contributed by atoms with E-state index in [1.54, 1.807) is 11.8 Å². The average molecular weight is 213 g/mol. The van der Waals surface area contributed by atoms with Crippen molar-refractivity contribution in [2.75, 3.05) is 12.9 Å². The molecule has 0 fully saturated rings. The van der Waals surface area contributed by atoms with Crippen LogP contribution in [0.2, 0.25) is 0 Å². The third-order valence-corrected chi connectivity index (χ3v) is 2.15. The molecule has 0 radical (unpaired) electrons. The third-order valence-electron chi connectivity index (χ3n) is 1.56. The summed E-state index contributed by atoms with van der Waals surface area (Å²) in [4.78, 5) is 14.1. The van der Waals surface area contributed by atoms with Crippen molar-refractivity contribution in [3.8, 4) is 0 Å². The van der Waals surface area contributed by atoms with Gasteiger partial charge in [0.25, 0.3) is 0 Å². The van der Waals surface area contributed by atoms with Crippen molar-refractivity contribution in [1.82, 2.24) is 4.98 Å². The van der Waals surface area contributed by atoms with E-state index in [4.69, 9.17) is 9.78 Å². The quantitative estimate of drug-likeness (QED) is 0.412. The number of thioether (sulfide) groups is 1. The summed E-state index contributed by atoms with van der Waals surface area (Å²) >= 11 is 1.76. The third kappa shape index (κ3) is 4.09. The van der Waals surface area contributed by atoms with Crippen LogP contribution in [0, 0.1) is 0 Å². The molecule has 14 heavy (non-hydrogen) atoms. The van der Waals surface area contributed by atoms with Crippen LogP contribution in [-0.4, -0.2) is 17.8 Å². The lowest BCUT2D eigenvalue weighted by Gasteiger charge is -2.03. The molecule has 0 aliphatic carbocycles. The van der Waals surface area contributed by atoms with E-state index in [9.17, 15) is 0 Å². The van der Waals surface area contributed by atoms with E-state index < -0.39 is 0 Å². The monoisotopic (exact) mass is 213 g/mol. The first-order valence-electron chi connectivity index (χ1n) is 4.55. The minimum Gasteiger partial charge on any atom is -0.254 e. The number of aromatic nitrogens is 1. The fourth-order valence-corrected chi connectivity index (χ4v) is 1.48. The van der Waals surface area contributed by atoms with Gasteiger partial charge in [-0.2, -0.15) is 11.8 Å². The largest absolute Gasteiger partial charge is 0.254 e. The maximum absolute atomic E-state index is 4.93. The van der Waals surface area contributed by atoms with E-state index in [1.165, 1.54) is 0 Å². The van der Waals surface area contributed by atoms with Crippen LogP contribution in [0.15, 0.2) is 18.2 Å². The SMILES string of the molecule is CCOOCc1cccc(CSC)n1. The Hall–Kier alpha value is -0.580. The molecule has 0 saturated carbocycles. The number of hydrogen-bond acceptors (Lipinski definition) is 4. The van der Waals surface area contributed by atoms with E-state index in [-0.39, 0.29) is 0 Å². The van der Waals surface area contributed by atoms with Gasteiger partial charge in [0.2, 0.25) is 0 Å². The van der Waals surface area contributed by atoms with Crippen molar-refractivity contribution < 1.29 is 9.78 Å². The Morgan fingerprint density at radius 1 is 1.29 bits per heavy atom. The molecular weight excluding hydrogens is 198 g/mol. The highest BCUT2D eigenvalue weighted by Crippen LogP contribution is 2.07. The molecule has 0 unspecified atom stereocenters. The van der Waals surface area contributed by atoms with Gasteiger partial charge in [-0.25, -0.2) is 9.78 Å². The fraction of sp³-hybridized carbons (Fsp3) is 0.500. The summed E-state index contributed by atoms with van der Waals surface area (Å²) in [5.41, 5.74) is 1.99. The van der Waals surface area contributed by atoms with Crippen LogP contribution in [-0.2, 0) is 22.1 Å². The Bertz CT molecular complexity index is 268. The van der Waals surface area contributed by atoms with Crippen LogP contribution < -0.4 is 0 Å². The van der Waals surface area contributed by atoms with Crippen molar-refractivity contribution in [2.45, 2.75) is 19.3 Å². The number of nitrogens with zero attached hydrogens (tertiary/aromatic N) is 1. The molecule has 1 aromatic heterocycles. The van der Waals surface area contributed by atoms with Crippen molar-refractivity contribution in [3.63, 3.8) is 0 Å². The van der Waals surface area contributed by atoms with Crippen molar-refractivity contribution in [3.05, 3.63) is 29.6 Å². The Labute approximate surface area is 88.8 Å². The lowest BCUT2D eigenvalue weighted by atomic mass is 10.3. The van der Waals surface area contributed by atoms with Crippen LogP contribution in [0.3, 0.4) is 0 Å². The zero-order chi connectivity index (χ0) is 10.2. The van der Waals surface area contributed by atoms with E-state index >= 15 is 0 Å². The van der Waals surface area contributed by atoms with Crippen molar-refractivity contribution >= 4 is 11.8 Å². The lowest BCUT2D eigenvalue weighted by molar-refractivity contribution is -0.301. The maximum Gasteiger partial charge on any atom is 0.124 e. The summed E-state index contributed by atoms with van der Waals surface area (Å²) in [6.45, 7) is 2.86. The standard InChI is InChI=1S/C10H15NO2S/c1-3-12-13-7-9-5-4-6-10(11-9)8-14-2/h4-6H,3,7-8H2,1-2H3. The van der Waals surface area contributed by atoms with Crippen LogP contribution in [0.5, 0.6) is 0 Å². The van der Waals surface area contributed by atoms with Gasteiger partial charge in [-0.05, 0) is 25.3 Å². The molecule has 0 amide bonds. The van der Waals surface area contributed by atoms with Gasteiger partial charge < -0.3 is 0 Å². The second-order valence-corrected chi connectivity index (χ2v) is 3.59. The summed E-state index contributed by atoms with van der Waals surface area (Å²) < 4.78 is 0. The number of rotatable bonds is 6. The molecule has 0 bridgehead atoms. The summed E-state index contributed by atoms with van der Waals surface area (Å²) in [5.74, 6) is 0.933. The molecule has 0 atom stereocenters. The minimum atomic E-state index is 0.413. The van der Waals surface area contributed by atoms with Crippen LogP contribution in [0.25, 0.3) is 0 Å². The summed E-state index contributed by atoms with van der Waals surface area (Å²) in [7, 11) is 0. The molecule has 0 N–H and O–H groups in total. The molecule has 78 valence electrons. The van der Waals surface area contributed by atoms with Gasteiger partial charge in [0.15, 0.2) is 0 Å². The predicted molar refractivity (Wildman–Crippen MR) is 57.9 cm³/mol. The predicted octanol–water partition coefficient (Wildman–Crippen LogP) is 2.41. The number of hydrogen-bond donors (Lipinski definition) is 0. The molecule has 1 heterocycles. The molecule has 0 aromatic carbocycles. The Morgan fingerprint density at radius 2 is 2.07 bits per heavy atom. The molecule has 0 spiro atoms. The van der Waals surface area contributed by atoms with Gasteiger partial charge in [0.1, 0.15) is 6.61 Å². The Kier molecular flexibility index (Phi) is 5.59. The highest BCUT2D eigenvalue weighted by atomic mass is 32.2. The Morgan fingerprint density at radius 3 is 2.79 bits per heavy atom. The molecule has 3 nitrogen and oxygen atoms in total. The second kappa shape index (κ2) is 6.81. The molecule has 0 aliphatic heterocycles. The van der Waals surface area contributed by atoms with Gasteiger partial charge in [-0.1, -0.05) is 6.07 Å². The number of pyridine rings is 1.